The highest BCUT2D eigenvalue weighted by atomic mass is 19.1. The molecule has 2 aromatic heterocycles. The average Bonchev–Trinajstić information content (AvgIpc) is 3.55. The van der Waals surface area contributed by atoms with Crippen LogP contribution in [-0.2, 0) is 7.05 Å². The van der Waals surface area contributed by atoms with Gasteiger partial charge in [0.15, 0.2) is 11.6 Å². The minimum atomic E-state index is -0.853. The summed E-state index contributed by atoms with van der Waals surface area (Å²) < 4.78 is 46.2. The second-order valence-electron chi connectivity index (χ2n) is 11.2. The first-order chi connectivity index (χ1) is 18.1. The van der Waals surface area contributed by atoms with Crippen molar-refractivity contribution in [3.05, 3.63) is 46.0 Å². The molecule has 3 atom stereocenters. The first-order valence-corrected chi connectivity index (χ1v) is 12.9. The molecule has 0 spiro atoms. The maximum Gasteiger partial charge on any atom is 0.368 e. The summed E-state index contributed by atoms with van der Waals surface area (Å²) in [5.41, 5.74) is 0.423. The molecule has 2 N–H and O–H groups in total. The molecule has 202 valence electrons. The van der Waals surface area contributed by atoms with Crippen molar-refractivity contribution in [1.82, 2.24) is 34.7 Å². The number of fused-ring (bicyclic) bond motifs is 1. The van der Waals surface area contributed by atoms with Gasteiger partial charge in [-0.1, -0.05) is 0 Å². The molecule has 2 aliphatic heterocycles. The van der Waals surface area contributed by atoms with Crippen molar-refractivity contribution >= 4 is 17.5 Å². The Morgan fingerprint density at radius 1 is 1.11 bits per heavy atom. The van der Waals surface area contributed by atoms with Gasteiger partial charge in [0.25, 0.3) is 0 Å². The van der Waals surface area contributed by atoms with E-state index in [0.29, 0.717) is 37.1 Å². The molecule has 0 radical (unpaired) electrons. The molecule has 3 fully saturated rings. The molecule has 1 aliphatic carbocycles. The van der Waals surface area contributed by atoms with Gasteiger partial charge in [-0.25, -0.2) is 22.9 Å². The van der Waals surface area contributed by atoms with Gasteiger partial charge in [0.2, 0.25) is 5.95 Å². The van der Waals surface area contributed by atoms with Crippen LogP contribution in [0.2, 0.25) is 0 Å². The lowest BCUT2D eigenvalue weighted by Gasteiger charge is -2.47. The van der Waals surface area contributed by atoms with Crippen molar-refractivity contribution in [3.63, 3.8) is 0 Å². The number of aryl methyl sites for hydroxylation is 1. The summed E-state index contributed by atoms with van der Waals surface area (Å²) >= 11 is 0. The van der Waals surface area contributed by atoms with Crippen LogP contribution in [0.4, 0.5) is 30.6 Å². The van der Waals surface area contributed by atoms with Crippen molar-refractivity contribution in [2.45, 2.75) is 75.7 Å². The summed E-state index contributed by atoms with van der Waals surface area (Å²) in [5, 5.41) is 13.7. The third-order valence-electron chi connectivity index (χ3n) is 7.86. The number of hydrogen-bond acceptors (Lipinski definition) is 8. The number of rotatable bonds is 6. The zero-order valence-corrected chi connectivity index (χ0v) is 21.5. The third kappa shape index (κ3) is 4.52. The normalized spacial score (nSPS) is 24.8. The molecular weight excluding hydrogens is 499 g/mol. The quantitative estimate of drug-likeness (QED) is 0.501. The van der Waals surface area contributed by atoms with Crippen LogP contribution in [0, 0.1) is 11.6 Å². The lowest BCUT2D eigenvalue weighted by atomic mass is 9.84. The van der Waals surface area contributed by atoms with E-state index in [4.69, 9.17) is 0 Å². The van der Waals surface area contributed by atoms with Crippen LogP contribution in [0.5, 0.6) is 0 Å². The fourth-order valence-corrected chi connectivity index (χ4v) is 5.95. The zero-order valence-electron chi connectivity index (χ0n) is 21.5. The second kappa shape index (κ2) is 9.07. The number of hydrogen-bond donors (Lipinski definition) is 2. The van der Waals surface area contributed by atoms with E-state index in [2.05, 4.69) is 49.8 Å². The Balaban J connectivity index is 1.26. The van der Waals surface area contributed by atoms with Gasteiger partial charge in [-0.05, 0) is 80.0 Å². The number of tetrazole rings is 1. The summed E-state index contributed by atoms with van der Waals surface area (Å²) in [6.45, 7) is 4.57. The Labute approximate surface area is 217 Å². The number of anilines is 3. The predicted molar refractivity (Wildman–Crippen MR) is 135 cm³/mol. The molecule has 13 heteroatoms. The number of nitrogens with one attached hydrogen (secondary N) is 2. The van der Waals surface area contributed by atoms with E-state index in [0.717, 1.165) is 28.4 Å². The molecule has 0 unspecified atom stereocenters. The predicted octanol–water partition coefficient (Wildman–Crippen LogP) is 3.42. The van der Waals surface area contributed by atoms with E-state index >= 15 is 4.39 Å². The first-order valence-electron chi connectivity index (χ1n) is 12.9. The van der Waals surface area contributed by atoms with Gasteiger partial charge in [0, 0.05) is 31.2 Å². The smallest absolute Gasteiger partial charge is 0.365 e. The summed E-state index contributed by atoms with van der Waals surface area (Å²) in [7, 11) is 1.49. The van der Waals surface area contributed by atoms with E-state index in [-0.39, 0.29) is 41.0 Å². The molecule has 3 aliphatic rings. The van der Waals surface area contributed by atoms with Crippen LogP contribution in [0.1, 0.15) is 57.4 Å². The monoisotopic (exact) mass is 529 g/mol. The average molecular weight is 530 g/mol. The van der Waals surface area contributed by atoms with Gasteiger partial charge in [-0.15, -0.1) is 0 Å². The second-order valence-corrected chi connectivity index (χ2v) is 11.2. The maximum atomic E-state index is 15.1. The molecule has 1 saturated carbocycles. The number of piperidine rings is 1. The SMILES string of the molecule is Cn1nnn(-c2cc(Nc3ncc(F)c(N[C@H]4C[C@@H]5C[C@H](F)CN5C(C)(C)C4)n3)c(F)cc2C2CC2)c1=O. The van der Waals surface area contributed by atoms with E-state index < -0.39 is 23.5 Å². The molecule has 4 heterocycles. The van der Waals surface area contributed by atoms with Crippen LogP contribution in [0.25, 0.3) is 5.69 Å². The zero-order chi connectivity index (χ0) is 26.8. The Kier molecular flexibility index (Phi) is 5.93. The highest BCUT2D eigenvalue weighted by Crippen LogP contribution is 2.44. The largest absolute Gasteiger partial charge is 0.368 e. The summed E-state index contributed by atoms with van der Waals surface area (Å²) in [4.78, 5) is 23.0. The lowest BCUT2D eigenvalue weighted by Crippen LogP contribution is -2.55. The molecule has 6 rings (SSSR count). The molecule has 0 bridgehead atoms. The van der Waals surface area contributed by atoms with Crippen molar-refractivity contribution < 1.29 is 13.2 Å². The van der Waals surface area contributed by atoms with Gasteiger partial charge >= 0.3 is 5.69 Å². The van der Waals surface area contributed by atoms with Crippen LogP contribution < -0.4 is 16.3 Å². The molecular formula is C25H30F3N9O. The van der Waals surface area contributed by atoms with E-state index in [1.165, 1.54) is 19.2 Å². The van der Waals surface area contributed by atoms with Gasteiger partial charge in [-0.2, -0.15) is 14.3 Å². The Hall–Kier alpha value is -3.48. The summed E-state index contributed by atoms with van der Waals surface area (Å²) in [6, 6.07) is 2.83. The topological polar surface area (TPSA) is 106 Å². The number of halogens is 3. The van der Waals surface area contributed by atoms with Gasteiger partial charge < -0.3 is 10.6 Å². The highest BCUT2D eigenvalue weighted by Gasteiger charge is 2.46. The molecule has 0 amide bonds. The van der Waals surface area contributed by atoms with Crippen LogP contribution in [0.3, 0.4) is 0 Å². The minimum Gasteiger partial charge on any atom is -0.365 e. The lowest BCUT2D eigenvalue weighted by molar-refractivity contribution is 0.0475. The highest BCUT2D eigenvalue weighted by molar-refractivity contribution is 5.62. The first kappa shape index (κ1) is 24.8. The Bertz CT molecular complexity index is 1430. The number of nitrogens with zero attached hydrogens (tertiary/aromatic N) is 7. The van der Waals surface area contributed by atoms with Gasteiger partial charge in [-0.3, -0.25) is 4.90 Å². The van der Waals surface area contributed by atoms with Crippen molar-refractivity contribution in [2.75, 3.05) is 17.2 Å². The van der Waals surface area contributed by atoms with Crippen molar-refractivity contribution in [2.24, 2.45) is 7.05 Å². The van der Waals surface area contributed by atoms with E-state index in [1.54, 1.807) is 0 Å². The van der Waals surface area contributed by atoms with Gasteiger partial charge in [0.1, 0.15) is 12.0 Å². The van der Waals surface area contributed by atoms with E-state index in [1.807, 2.05) is 0 Å². The number of benzene rings is 1. The van der Waals surface area contributed by atoms with Crippen LogP contribution in [0.15, 0.2) is 23.1 Å². The number of aromatic nitrogens is 6. The molecule has 1 aromatic carbocycles. The molecule has 3 aromatic rings. The fraction of sp³-hybridized carbons (Fsp3) is 0.560. The fourth-order valence-electron chi connectivity index (χ4n) is 5.95. The maximum absolute atomic E-state index is 15.1. The van der Waals surface area contributed by atoms with Crippen molar-refractivity contribution in [3.8, 4) is 5.69 Å². The summed E-state index contributed by atoms with van der Waals surface area (Å²) in [5.74, 6) is -1.06. The van der Waals surface area contributed by atoms with Crippen molar-refractivity contribution in [1.29, 1.82) is 0 Å². The van der Waals surface area contributed by atoms with Gasteiger partial charge in [0.05, 0.1) is 17.6 Å². The molecule has 2 saturated heterocycles. The standard InChI is InChI=1S/C25H30F3N9O/c1-25(2)10-15(7-16-6-14(26)12-36(16)25)30-22-19(28)11-29-23(32-22)31-20-9-21(37-24(38)35(3)33-34-37)17(8-18(20)27)13-4-5-13/h8-9,11,13-16H,4-7,10,12H2,1-3H3,(H2,29,30,31,32)/t14-,15-,16-/m0/s1. The Morgan fingerprint density at radius 2 is 1.89 bits per heavy atom. The third-order valence-corrected chi connectivity index (χ3v) is 7.86. The minimum absolute atomic E-state index is 0.00748. The van der Waals surface area contributed by atoms with Crippen LogP contribution in [-0.4, -0.2) is 65.0 Å². The van der Waals surface area contributed by atoms with E-state index in [9.17, 15) is 13.6 Å². The van der Waals surface area contributed by atoms with Crippen LogP contribution >= 0.6 is 0 Å². The summed E-state index contributed by atoms with van der Waals surface area (Å²) in [6.07, 6.45) is 3.79. The number of alkyl halides is 1. The Morgan fingerprint density at radius 3 is 2.61 bits per heavy atom. The molecule has 38 heavy (non-hydrogen) atoms. The molecule has 10 nitrogen and oxygen atoms in total.